The molecular weight excluding hydrogens is 348 g/mol. The first-order valence-corrected chi connectivity index (χ1v) is 10.1. The molecule has 0 bridgehead atoms. The highest BCUT2D eigenvalue weighted by molar-refractivity contribution is 6.14. The Labute approximate surface area is 168 Å². The van der Waals surface area contributed by atoms with Crippen LogP contribution in [0.4, 0.5) is 0 Å². The molecule has 28 heavy (non-hydrogen) atoms. The minimum Gasteiger partial charge on any atom is -0.488 e. The molecule has 2 aromatic rings. The van der Waals surface area contributed by atoms with Crippen molar-refractivity contribution in [2.24, 2.45) is 4.99 Å². The van der Waals surface area contributed by atoms with Crippen molar-refractivity contribution < 1.29 is 9.53 Å². The fourth-order valence-electron chi connectivity index (χ4n) is 4.18. The van der Waals surface area contributed by atoms with Crippen LogP contribution >= 0.6 is 0 Å². The van der Waals surface area contributed by atoms with Gasteiger partial charge in [-0.25, -0.2) is 4.99 Å². The molecule has 1 amide bonds. The van der Waals surface area contributed by atoms with Gasteiger partial charge in [0.25, 0.3) is 5.91 Å². The van der Waals surface area contributed by atoms with Crippen LogP contribution in [0.1, 0.15) is 61.7 Å². The van der Waals surface area contributed by atoms with Crippen LogP contribution in [0.3, 0.4) is 0 Å². The van der Waals surface area contributed by atoms with Crippen LogP contribution in [0.25, 0.3) is 0 Å². The van der Waals surface area contributed by atoms with Crippen molar-refractivity contribution in [3.05, 3.63) is 64.7 Å². The molecule has 1 atom stereocenters. The van der Waals surface area contributed by atoms with E-state index >= 15 is 0 Å². The predicted octanol–water partition coefficient (Wildman–Crippen LogP) is 4.89. The molecule has 0 aliphatic carbocycles. The minimum absolute atomic E-state index is 0.198. The average Bonchev–Trinajstić information content (AvgIpc) is 3.02. The predicted molar refractivity (Wildman–Crippen MR) is 114 cm³/mol. The second kappa shape index (κ2) is 8.70. The van der Waals surface area contributed by atoms with Gasteiger partial charge in [0, 0.05) is 29.9 Å². The summed E-state index contributed by atoms with van der Waals surface area (Å²) in [5.74, 6) is 0.505. The number of carbonyl (C=O) groups is 1. The zero-order chi connectivity index (χ0) is 20.3. The largest absolute Gasteiger partial charge is 0.488 e. The molecule has 0 saturated heterocycles. The first kappa shape index (κ1) is 20.3. The van der Waals surface area contributed by atoms with Gasteiger partial charge < -0.3 is 4.74 Å². The summed E-state index contributed by atoms with van der Waals surface area (Å²) >= 11 is 0. The number of rotatable bonds is 8. The third kappa shape index (κ3) is 4.50. The molecular formula is C24H30N2O2. The molecule has 0 spiro atoms. The molecule has 3 rings (SSSR count). The highest BCUT2D eigenvalue weighted by atomic mass is 16.5. The second-order valence-electron chi connectivity index (χ2n) is 8.07. The highest BCUT2D eigenvalue weighted by Crippen LogP contribution is 2.26. The summed E-state index contributed by atoms with van der Waals surface area (Å²) in [5.41, 5.74) is 3.84. The number of aliphatic imine (C=N–C) groups is 1. The number of fused-ring (bicyclic) bond motifs is 1. The molecule has 0 fully saturated rings. The van der Waals surface area contributed by atoms with Crippen LogP contribution in [-0.2, 0) is 13.0 Å². The number of nitrogens with zero attached hydrogens (tertiary/aromatic N) is 2. The Morgan fingerprint density at radius 2 is 1.57 bits per heavy atom. The van der Waals surface area contributed by atoms with E-state index in [4.69, 9.17) is 4.74 Å². The summed E-state index contributed by atoms with van der Waals surface area (Å²) in [6.45, 7) is 11.8. The van der Waals surface area contributed by atoms with Crippen molar-refractivity contribution in [2.75, 3.05) is 0 Å². The maximum atomic E-state index is 11.7. The maximum Gasteiger partial charge on any atom is 0.277 e. The number of ether oxygens (including phenoxy) is 1. The van der Waals surface area contributed by atoms with E-state index in [-0.39, 0.29) is 5.91 Å². The van der Waals surface area contributed by atoms with E-state index in [9.17, 15) is 4.79 Å². The lowest BCUT2D eigenvalue weighted by atomic mass is 10.0. The van der Waals surface area contributed by atoms with E-state index in [2.05, 4.69) is 68.8 Å². The molecule has 1 aliphatic heterocycles. The summed E-state index contributed by atoms with van der Waals surface area (Å²) in [7, 11) is 0. The smallest absolute Gasteiger partial charge is 0.277 e. The summed E-state index contributed by atoms with van der Waals surface area (Å²) in [5, 5.41) is 0. The van der Waals surface area contributed by atoms with Crippen molar-refractivity contribution in [3.8, 4) is 5.75 Å². The molecule has 0 N–H and O–H groups in total. The molecule has 4 nitrogen and oxygen atoms in total. The third-order valence-corrected chi connectivity index (χ3v) is 5.26. The lowest BCUT2D eigenvalue weighted by molar-refractivity contribution is 0.101. The molecule has 0 radical (unpaired) electrons. The molecule has 2 aromatic carbocycles. The Morgan fingerprint density at radius 3 is 2.21 bits per heavy atom. The van der Waals surface area contributed by atoms with Crippen molar-refractivity contribution >= 4 is 12.1 Å². The first-order valence-electron chi connectivity index (χ1n) is 10.1. The molecule has 4 heteroatoms. The van der Waals surface area contributed by atoms with E-state index < -0.39 is 0 Å². The van der Waals surface area contributed by atoms with Gasteiger partial charge in [-0.1, -0.05) is 30.3 Å². The van der Waals surface area contributed by atoms with Gasteiger partial charge in [-0.3, -0.25) is 9.69 Å². The van der Waals surface area contributed by atoms with Crippen LogP contribution in [0.5, 0.6) is 5.75 Å². The van der Waals surface area contributed by atoms with Gasteiger partial charge in [-0.2, -0.15) is 0 Å². The summed E-state index contributed by atoms with van der Waals surface area (Å²) in [6.07, 6.45) is 2.62. The van der Waals surface area contributed by atoms with E-state index in [1.165, 1.54) is 5.56 Å². The Hall–Kier alpha value is -2.46. The van der Waals surface area contributed by atoms with Crippen LogP contribution in [0.2, 0.25) is 0 Å². The summed E-state index contributed by atoms with van der Waals surface area (Å²) < 4.78 is 5.95. The molecule has 148 valence electrons. The minimum atomic E-state index is -0.198. The van der Waals surface area contributed by atoms with Crippen LogP contribution in [0, 0.1) is 0 Å². The normalized spacial score (nSPS) is 14.2. The molecule has 1 unspecified atom stereocenters. The fraction of sp³-hybridized carbons (Fsp3) is 0.417. The summed E-state index contributed by atoms with van der Waals surface area (Å²) in [6, 6.07) is 15.7. The second-order valence-corrected chi connectivity index (χ2v) is 8.07. The Balaban J connectivity index is 1.61. The van der Waals surface area contributed by atoms with Gasteiger partial charge >= 0.3 is 0 Å². The van der Waals surface area contributed by atoms with Crippen molar-refractivity contribution in [3.63, 3.8) is 0 Å². The Bertz CT molecular complexity index is 845. The van der Waals surface area contributed by atoms with Crippen LogP contribution in [0.15, 0.2) is 47.5 Å². The van der Waals surface area contributed by atoms with Crippen LogP contribution in [-0.4, -0.2) is 35.1 Å². The number of amides is 1. The number of carbonyl (C=O) groups excluding carboxylic acids is 1. The molecule has 0 saturated carbocycles. The molecule has 0 aromatic heterocycles. The fourth-order valence-corrected chi connectivity index (χ4v) is 4.18. The standard InChI is InChI=1S/C24H30N2O2/c1-16(2)26(17(3)4)18(5)13-19-9-11-20(12-10-19)15-28-23-8-6-7-21-22(23)14-25-24(21)27/h6-12,14,16-18H,13,15H2,1-5H3. The van der Waals surface area contributed by atoms with Gasteiger partial charge in [0.15, 0.2) is 0 Å². The zero-order valence-corrected chi connectivity index (χ0v) is 17.5. The van der Waals surface area contributed by atoms with Gasteiger partial charge in [0.2, 0.25) is 0 Å². The van der Waals surface area contributed by atoms with Gasteiger partial charge in [-0.15, -0.1) is 0 Å². The van der Waals surface area contributed by atoms with E-state index in [0.29, 0.717) is 36.0 Å². The monoisotopic (exact) mass is 378 g/mol. The van der Waals surface area contributed by atoms with Crippen LogP contribution < -0.4 is 4.74 Å². The van der Waals surface area contributed by atoms with E-state index in [0.717, 1.165) is 17.5 Å². The molecule has 1 heterocycles. The number of hydrogen-bond donors (Lipinski definition) is 0. The highest BCUT2D eigenvalue weighted by Gasteiger charge is 2.21. The van der Waals surface area contributed by atoms with Gasteiger partial charge in [0.05, 0.1) is 5.56 Å². The topological polar surface area (TPSA) is 41.9 Å². The lowest BCUT2D eigenvalue weighted by Gasteiger charge is -2.36. The van der Waals surface area contributed by atoms with Crippen molar-refractivity contribution in [2.45, 2.75) is 65.8 Å². The van der Waals surface area contributed by atoms with Gasteiger partial charge in [-0.05, 0) is 64.3 Å². The van der Waals surface area contributed by atoms with Crippen molar-refractivity contribution in [1.82, 2.24) is 4.90 Å². The number of hydrogen-bond acceptors (Lipinski definition) is 3. The average molecular weight is 379 g/mol. The first-order chi connectivity index (χ1) is 13.4. The maximum absolute atomic E-state index is 11.7. The Morgan fingerprint density at radius 1 is 0.929 bits per heavy atom. The SMILES string of the molecule is CC(C)N(C(C)C)C(C)Cc1ccc(COc2cccc3c2C=NC3=O)cc1. The van der Waals surface area contributed by atoms with Gasteiger partial charge in [0.1, 0.15) is 12.4 Å². The Kier molecular flexibility index (Phi) is 6.30. The number of benzene rings is 2. The zero-order valence-electron chi connectivity index (χ0n) is 17.5. The van der Waals surface area contributed by atoms with E-state index in [1.54, 1.807) is 12.3 Å². The summed E-state index contributed by atoms with van der Waals surface area (Å²) in [4.78, 5) is 18.1. The molecule has 1 aliphatic rings. The van der Waals surface area contributed by atoms with Crippen molar-refractivity contribution in [1.29, 1.82) is 0 Å². The quantitative estimate of drug-likeness (QED) is 0.657. The third-order valence-electron chi connectivity index (χ3n) is 5.26. The van der Waals surface area contributed by atoms with E-state index in [1.807, 2.05) is 12.1 Å². The lowest BCUT2D eigenvalue weighted by Crippen LogP contribution is -2.44.